The van der Waals surface area contributed by atoms with Crippen LogP contribution in [0, 0.1) is 11.8 Å². The summed E-state index contributed by atoms with van der Waals surface area (Å²) in [6.07, 6.45) is 3.67. The molecule has 3 aromatic rings. The molecule has 2 aliphatic rings. The van der Waals surface area contributed by atoms with Crippen molar-refractivity contribution < 1.29 is 14.3 Å². The van der Waals surface area contributed by atoms with Crippen molar-refractivity contribution in [3.8, 4) is 11.6 Å². The SMILES string of the molecule is COc1ccc2c(c1)n(CC1CCC(C(=O)N3CCN(c4cccc(OC)n4)CC3)CC1)c(=O)n2C. The summed E-state index contributed by atoms with van der Waals surface area (Å²) in [5.74, 6) is 2.99. The van der Waals surface area contributed by atoms with Crippen LogP contribution < -0.4 is 20.1 Å². The molecule has 192 valence electrons. The fourth-order valence-corrected chi connectivity index (χ4v) is 5.65. The minimum Gasteiger partial charge on any atom is -0.497 e. The molecule has 9 nitrogen and oxygen atoms in total. The molecule has 0 N–H and O–H groups in total. The van der Waals surface area contributed by atoms with Crippen molar-refractivity contribution >= 4 is 22.8 Å². The second-order valence-electron chi connectivity index (χ2n) is 9.87. The van der Waals surface area contributed by atoms with Gasteiger partial charge in [0.25, 0.3) is 0 Å². The highest BCUT2D eigenvalue weighted by Crippen LogP contribution is 2.32. The number of methoxy groups -OCH3 is 2. The molecule has 2 fully saturated rings. The number of amides is 1. The van der Waals surface area contributed by atoms with E-state index in [1.807, 2.05) is 52.9 Å². The summed E-state index contributed by atoms with van der Waals surface area (Å²) >= 11 is 0. The number of fused-ring (bicyclic) bond motifs is 1. The highest BCUT2D eigenvalue weighted by Gasteiger charge is 2.32. The van der Waals surface area contributed by atoms with Crippen LogP contribution in [0.3, 0.4) is 0 Å². The van der Waals surface area contributed by atoms with Gasteiger partial charge >= 0.3 is 5.69 Å². The smallest absolute Gasteiger partial charge is 0.328 e. The summed E-state index contributed by atoms with van der Waals surface area (Å²) in [5.41, 5.74) is 1.82. The van der Waals surface area contributed by atoms with Crippen LogP contribution in [0.25, 0.3) is 11.0 Å². The first kappa shape index (κ1) is 24.2. The molecule has 0 radical (unpaired) electrons. The normalized spacial score (nSPS) is 20.5. The number of nitrogens with zero attached hydrogens (tertiary/aromatic N) is 5. The zero-order chi connectivity index (χ0) is 25.2. The molecule has 9 heteroatoms. The third kappa shape index (κ3) is 4.66. The molecule has 1 saturated carbocycles. The number of aromatic nitrogens is 3. The lowest BCUT2D eigenvalue weighted by Crippen LogP contribution is -2.51. The van der Waals surface area contributed by atoms with Crippen molar-refractivity contribution in [3.05, 3.63) is 46.9 Å². The van der Waals surface area contributed by atoms with Gasteiger partial charge in [0.2, 0.25) is 11.8 Å². The van der Waals surface area contributed by atoms with Crippen molar-refractivity contribution in [1.82, 2.24) is 19.0 Å². The molecule has 2 aromatic heterocycles. The maximum atomic E-state index is 13.3. The van der Waals surface area contributed by atoms with Crippen molar-refractivity contribution in [3.63, 3.8) is 0 Å². The first-order valence-corrected chi connectivity index (χ1v) is 12.8. The second kappa shape index (κ2) is 10.2. The van der Waals surface area contributed by atoms with E-state index in [9.17, 15) is 9.59 Å². The molecule has 0 unspecified atom stereocenters. The van der Waals surface area contributed by atoms with E-state index in [1.54, 1.807) is 18.8 Å². The lowest BCUT2D eigenvalue weighted by Gasteiger charge is -2.38. The van der Waals surface area contributed by atoms with Crippen LogP contribution in [0.15, 0.2) is 41.2 Å². The molecule has 1 amide bonds. The van der Waals surface area contributed by atoms with E-state index in [1.165, 1.54) is 0 Å². The number of rotatable bonds is 6. The zero-order valence-corrected chi connectivity index (χ0v) is 21.4. The molecular formula is C27H35N5O4. The van der Waals surface area contributed by atoms with Gasteiger partial charge in [-0.15, -0.1) is 0 Å². The van der Waals surface area contributed by atoms with E-state index in [0.29, 0.717) is 31.4 Å². The van der Waals surface area contributed by atoms with E-state index in [0.717, 1.165) is 61.4 Å². The molecule has 36 heavy (non-hydrogen) atoms. The van der Waals surface area contributed by atoms with Gasteiger partial charge in [0, 0.05) is 57.8 Å². The summed E-state index contributed by atoms with van der Waals surface area (Å²) < 4.78 is 14.2. The van der Waals surface area contributed by atoms with E-state index >= 15 is 0 Å². The van der Waals surface area contributed by atoms with Crippen molar-refractivity contribution in [2.75, 3.05) is 45.3 Å². The number of carbonyl (C=O) groups excluding carboxylic acids is 1. The van der Waals surface area contributed by atoms with Crippen LogP contribution in [0.2, 0.25) is 0 Å². The topological polar surface area (TPSA) is 81.8 Å². The number of benzene rings is 1. The Morgan fingerprint density at radius 3 is 2.42 bits per heavy atom. The number of ether oxygens (including phenoxy) is 2. The fraction of sp³-hybridized carbons (Fsp3) is 0.519. The van der Waals surface area contributed by atoms with Gasteiger partial charge < -0.3 is 19.3 Å². The molecule has 1 aromatic carbocycles. The zero-order valence-electron chi connectivity index (χ0n) is 21.4. The number of piperazine rings is 1. The predicted molar refractivity (Wildman–Crippen MR) is 139 cm³/mol. The molecule has 1 aliphatic carbocycles. The lowest BCUT2D eigenvalue weighted by atomic mass is 9.81. The fourth-order valence-electron chi connectivity index (χ4n) is 5.65. The van der Waals surface area contributed by atoms with E-state index < -0.39 is 0 Å². The van der Waals surface area contributed by atoms with Crippen LogP contribution in [0.5, 0.6) is 11.6 Å². The maximum Gasteiger partial charge on any atom is 0.328 e. The maximum absolute atomic E-state index is 13.3. The van der Waals surface area contributed by atoms with Gasteiger partial charge in [-0.05, 0) is 49.8 Å². The monoisotopic (exact) mass is 493 g/mol. The summed E-state index contributed by atoms with van der Waals surface area (Å²) in [5, 5.41) is 0. The number of imidazole rings is 1. The van der Waals surface area contributed by atoms with Gasteiger partial charge in [-0.1, -0.05) is 6.07 Å². The first-order chi connectivity index (χ1) is 17.5. The van der Waals surface area contributed by atoms with E-state index in [4.69, 9.17) is 9.47 Å². The third-order valence-electron chi connectivity index (χ3n) is 7.82. The van der Waals surface area contributed by atoms with Crippen molar-refractivity contribution in [1.29, 1.82) is 0 Å². The molecule has 5 rings (SSSR count). The highest BCUT2D eigenvalue weighted by atomic mass is 16.5. The van der Waals surface area contributed by atoms with Gasteiger partial charge in [0.1, 0.15) is 11.6 Å². The Morgan fingerprint density at radius 1 is 0.972 bits per heavy atom. The third-order valence-corrected chi connectivity index (χ3v) is 7.82. The van der Waals surface area contributed by atoms with Gasteiger partial charge in [-0.3, -0.25) is 13.9 Å². The summed E-state index contributed by atoms with van der Waals surface area (Å²) in [6.45, 7) is 3.65. The predicted octanol–water partition coefficient (Wildman–Crippen LogP) is 2.91. The number of aryl methyl sites for hydroxylation is 1. The molecule has 0 bridgehead atoms. The van der Waals surface area contributed by atoms with Crippen LogP contribution in [-0.2, 0) is 18.4 Å². The van der Waals surface area contributed by atoms with Crippen LogP contribution in [0.4, 0.5) is 5.82 Å². The summed E-state index contributed by atoms with van der Waals surface area (Å²) in [4.78, 5) is 34.9. The van der Waals surface area contributed by atoms with Gasteiger partial charge in [-0.25, -0.2) is 4.79 Å². The average Bonchev–Trinajstić information content (AvgIpc) is 3.17. The van der Waals surface area contributed by atoms with Crippen LogP contribution in [-0.4, -0.2) is 65.3 Å². The number of carbonyl (C=O) groups is 1. The standard InChI is InChI=1S/C27H35N5O4/c1-29-22-12-11-21(35-2)17-23(22)32(27(29)34)18-19-7-9-20(10-8-19)26(33)31-15-13-30(14-16-31)24-5-4-6-25(28-24)36-3/h4-6,11-12,17,19-20H,7-10,13-16,18H2,1-3H3. The minimum absolute atomic E-state index is 0.000139. The number of pyridine rings is 1. The van der Waals surface area contributed by atoms with Crippen molar-refractivity contribution in [2.24, 2.45) is 18.9 Å². The minimum atomic E-state index is -0.000139. The molecular weight excluding hydrogens is 458 g/mol. The lowest BCUT2D eigenvalue weighted by molar-refractivity contribution is -0.137. The summed E-state index contributed by atoms with van der Waals surface area (Å²) in [7, 11) is 5.07. The van der Waals surface area contributed by atoms with Crippen LogP contribution >= 0.6 is 0 Å². The number of hydrogen-bond acceptors (Lipinski definition) is 6. The molecule has 1 saturated heterocycles. The Kier molecular flexibility index (Phi) is 6.89. The van der Waals surface area contributed by atoms with E-state index in [-0.39, 0.29) is 17.5 Å². The number of hydrogen-bond donors (Lipinski definition) is 0. The first-order valence-electron chi connectivity index (χ1n) is 12.8. The largest absolute Gasteiger partial charge is 0.497 e. The molecule has 3 heterocycles. The summed E-state index contributed by atoms with van der Waals surface area (Å²) in [6, 6.07) is 11.5. The Hall–Kier alpha value is -3.49. The van der Waals surface area contributed by atoms with Crippen LogP contribution in [0.1, 0.15) is 25.7 Å². The quantitative estimate of drug-likeness (QED) is 0.525. The Bertz CT molecular complexity index is 1280. The molecule has 0 spiro atoms. The van der Waals surface area contributed by atoms with Gasteiger partial charge in [0.05, 0.1) is 25.3 Å². The Labute approximate surface area is 211 Å². The van der Waals surface area contributed by atoms with Gasteiger partial charge in [-0.2, -0.15) is 4.98 Å². The second-order valence-corrected chi connectivity index (χ2v) is 9.87. The molecule has 0 atom stereocenters. The average molecular weight is 494 g/mol. The Balaban J connectivity index is 1.17. The Morgan fingerprint density at radius 2 is 1.72 bits per heavy atom. The van der Waals surface area contributed by atoms with Crippen molar-refractivity contribution in [2.45, 2.75) is 32.2 Å². The molecule has 1 aliphatic heterocycles. The highest BCUT2D eigenvalue weighted by molar-refractivity contribution is 5.79. The van der Waals surface area contributed by atoms with Gasteiger partial charge in [0.15, 0.2) is 0 Å². The van der Waals surface area contributed by atoms with E-state index in [2.05, 4.69) is 9.88 Å². The number of anilines is 1.